The van der Waals surface area contributed by atoms with E-state index >= 15 is 0 Å². The van der Waals surface area contributed by atoms with E-state index in [1.54, 1.807) is 6.07 Å². The number of hydrogen-bond donors (Lipinski definition) is 2. The molecular formula is C15H19N3O3. The maximum atomic E-state index is 11.8. The molecule has 112 valence electrons. The lowest BCUT2D eigenvalue weighted by Crippen LogP contribution is -2.30. The summed E-state index contributed by atoms with van der Waals surface area (Å²) in [7, 11) is 1.49. The number of nitrogens with two attached hydrogens (primary N) is 1. The number of aliphatic hydroxyl groups excluding tert-OH is 1. The first-order valence-electron chi connectivity index (χ1n) is 6.63. The van der Waals surface area contributed by atoms with Gasteiger partial charge in [0.05, 0.1) is 24.9 Å². The van der Waals surface area contributed by atoms with Crippen LogP contribution in [0.15, 0.2) is 35.1 Å². The first-order chi connectivity index (χ1) is 10.0. The highest BCUT2D eigenvalue weighted by atomic mass is 16.5. The number of aryl methyl sites for hydroxylation is 1. The number of methoxy groups -OCH3 is 1. The predicted molar refractivity (Wildman–Crippen MR) is 81.0 cm³/mol. The minimum atomic E-state index is -0.779. The molecule has 1 heterocycles. The highest BCUT2D eigenvalue weighted by Gasteiger charge is 2.09. The lowest BCUT2D eigenvalue weighted by molar-refractivity contribution is 0.0505. The van der Waals surface area contributed by atoms with Crippen LogP contribution in [0, 0.1) is 6.92 Å². The monoisotopic (exact) mass is 289 g/mol. The third-order valence-corrected chi connectivity index (χ3v) is 3.18. The van der Waals surface area contributed by atoms with Gasteiger partial charge in [0.25, 0.3) is 5.56 Å². The fraction of sp³-hybridized carbons (Fsp3) is 0.333. The number of hydrogen-bond acceptors (Lipinski definition) is 5. The van der Waals surface area contributed by atoms with E-state index in [2.05, 4.69) is 5.10 Å². The minimum absolute atomic E-state index is 0.0852. The zero-order chi connectivity index (χ0) is 15.4. The Morgan fingerprint density at radius 3 is 2.81 bits per heavy atom. The molecule has 6 heteroatoms. The van der Waals surface area contributed by atoms with E-state index in [1.165, 1.54) is 17.9 Å². The summed E-state index contributed by atoms with van der Waals surface area (Å²) in [5.74, 6) is 0. The third kappa shape index (κ3) is 3.68. The normalized spacial score (nSPS) is 12.3. The van der Waals surface area contributed by atoms with E-state index in [0.29, 0.717) is 11.4 Å². The van der Waals surface area contributed by atoms with Crippen LogP contribution in [0.4, 0.5) is 5.69 Å². The molecule has 0 bridgehead atoms. The standard InChI is InChI=1S/C15H19N3O3/c1-10-3-4-11(7-13(10)16)14-5-6-15(20)18(17-14)8-12(19)9-21-2/h3-7,12,19H,8-9,16H2,1-2H3/t12-/m1/s1. The van der Waals surface area contributed by atoms with Crippen molar-refractivity contribution in [2.75, 3.05) is 19.5 Å². The Bertz CT molecular complexity index is 682. The van der Waals surface area contributed by atoms with Crippen molar-refractivity contribution in [3.63, 3.8) is 0 Å². The average molecular weight is 289 g/mol. The molecule has 0 fully saturated rings. The summed E-state index contributed by atoms with van der Waals surface area (Å²) in [6, 6.07) is 8.69. The molecule has 0 spiro atoms. The van der Waals surface area contributed by atoms with E-state index in [-0.39, 0.29) is 18.7 Å². The molecule has 0 unspecified atom stereocenters. The van der Waals surface area contributed by atoms with Gasteiger partial charge in [-0.25, -0.2) is 4.68 Å². The van der Waals surface area contributed by atoms with Crippen molar-refractivity contribution in [1.82, 2.24) is 9.78 Å². The van der Waals surface area contributed by atoms with Gasteiger partial charge < -0.3 is 15.6 Å². The van der Waals surface area contributed by atoms with Crippen LogP contribution < -0.4 is 11.3 Å². The predicted octanol–water partition coefficient (Wildman–Crippen LogP) is 0.808. The molecular weight excluding hydrogens is 270 g/mol. The summed E-state index contributed by atoms with van der Waals surface area (Å²) in [6.07, 6.45) is -0.779. The molecule has 1 aromatic carbocycles. The fourth-order valence-electron chi connectivity index (χ4n) is 1.98. The number of aromatic nitrogens is 2. The van der Waals surface area contributed by atoms with Crippen molar-refractivity contribution in [2.24, 2.45) is 0 Å². The van der Waals surface area contributed by atoms with Crippen LogP contribution in [-0.4, -0.2) is 34.7 Å². The first kappa shape index (κ1) is 15.2. The number of rotatable bonds is 5. The number of anilines is 1. The summed E-state index contributed by atoms with van der Waals surface area (Å²) in [6.45, 7) is 2.16. The van der Waals surface area contributed by atoms with Crippen LogP contribution >= 0.6 is 0 Å². The SMILES string of the molecule is COC[C@H](O)Cn1nc(-c2ccc(C)c(N)c2)ccc1=O. The zero-order valence-corrected chi connectivity index (χ0v) is 12.1. The van der Waals surface area contributed by atoms with Gasteiger partial charge in [-0.15, -0.1) is 0 Å². The van der Waals surface area contributed by atoms with Gasteiger partial charge in [0, 0.05) is 24.4 Å². The Morgan fingerprint density at radius 2 is 2.14 bits per heavy atom. The van der Waals surface area contributed by atoms with Crippen molar-refractivity contribution in [2.45, 2.75) is 19.6 Å². The number of aliphatic hydroxyl groups is 1. The number of nitrogens with zero attached hydrogens (tertiary/aromatic N) is 2. The second-order valence-electron chi connectivity index (χ2n) is 4.92. The highest BCUT2D eigenvalue weighted by Crippen LogP contribution is 2.21. The average Bonchev–Trinajstić information content (AvgIpc) is 2.44. The van der Waals surface area contributed by atoms with Crippen LogP contribution in [0.1, 0.15) is 5.56 Å². The first-order valence-corrected chi connectivity index (χ1v) is 6.63. The molecule has 0 aliphatic rings. The van der Waals surface area contributed by atoms with Gasteiger partial charge in [0.15, 0.2) is 0 Å². The Balaban J connectivity index is 2.33. The van der Waals surface area contributed by atoms with Gasteiger partial charge in [-0.1, -0.05) is 12.1 Å². The lowest BCUT2D eigenvalue weighted by atomic mass is 10.1. The van der Waals surface area contributed by atoms with E-state index in [1.807, 2.05) is 25.1 Å². The molecule has 21 heavy (non-hydrogen) atoms. The maximum absolute atomic E-state index is 11.8. The number of ether oxygens (including phenoxy) is 1. The van der Waals surface area contributed by atoms with E-state index in [0.717, 1.165) is 11.1 Å². The molecule has 6 nitrogen and oxygen atoms in total. The highest BCUT2D eigenvalue weighted by molar-refractivity contribution is 5.65. The molecule has 1 aromatic heterocycles. The summed E-state index contributed by atoms with van der Waals surface area (Å²) < 4.78 is 6.08. The van der Waals surface area contributed by atoms with Gasteiger partial charge in [-0.2, -0.15) is 5.10 Å². The van der Waals surface area contributed by atoms with Crippen LogP contribution in [0.3, 0.4) is 0 Å². The Labute approximate surface area is 122 Å². The van der Waals surface area contributed by atoms with Crippen molar-refractivity contribution < 1.29 is 9.84 Å². The van der Waals surface area contributed by atoms with E-state index in [4.69, 9.17) is 10.5 Å². The smallest absolute Gasteiger partial charge is 0.266 e. The number of benzene rings is 1. The second kappa shape index (κ2) is 6.51. The molecule has 3 N–H and O–H groups in total. The second-order valence-corrected chi connectivity index (χ2v) is 4.92. The van der Waals surface area contributed by atoms with Gasteiger partial charge >= 0.3 is 0 Å². The topological polar surface area (TPSA) is 90.4 Å². The van der Waals surface area contributed by atoms with Crippen LogP contribution in [0.5, 0.6) is 0 Å². The largest absolute Gasteiger partial charge is 0.398 e. The molecule has 2 aromatic rings. The molecule has 0 amide bonds. The van der Waals surface area contributed by atoms with Gasteiger partial charge in [0.1, 0.15) is 0 Å². The van der Waals surface area contributed by atoms with Crippen molar-refractivity contribution in [3.05, 3.63) is 46.2 Å². The Kier molecular flexibility index (Phi) is 4.72. The summed E-state index contributed by atoms with van der Waals surface area (Å²) in [5.41, 5.74) is 8.74. The zero-order valence-electron chi connectivity index (χ0n) is 12.1. The van der Waals surface area contributed by atoms with E-state index < -0.39 is 6.10 Å². The van der Waals surface area contributed by atoms with Crippen molar-refractivity contribution in [3.8, 4) is 11.3 Å². The third-order valence-electron chi connectivity index (χ3n) is 3.18. The van der Waals surface area contributed by atoms with Gasteiger partial charge in [-0.3, -0.25) is 4.79 Å². The van der Waals surface area contributed by atoms with Crippen LogP contribution in [0.25, 0.3) is 11.3 Å². The van der Waals surface area contributed by atoms with E-state index in [9.17, 15) is 9.90 Å². The quantitative estimate of drug-likeness (QED) is 0.795. The lowest BCUT2D eigenvalue weighted by Gasteiger charge is -2.12. The maximum Gasteiger partial charge on any atom is 0.266 e. The number of nitrogen functional groups attached to an aromatic ring is 1. The van der Waals surface area contributed by atoms with Crippen molar-refractivity contribution >= 4 is 5.69 Å². The van der Waals surface area contributed by atoms with Crippen molar-refractivity contribution in [1.29, 1.82) is 0 Å². The Morgan fingerprint density at radius 1 is 1.38 bits per heavy atom. The summed E-state index contributed by atoms with van der Waals surface area (Å²) in [4.78, 5) is 11.8. The fourth-order valence-corrected chi connectivity index (χ4v) is 1.98. The van der Waals surface area contributed by atoms with Crippen LogP contribution in [0.2, 0.25) is 0 Å². The molecule has 0 radical (unpaired) electrons. The molecule has 0 saturated carbocycles. The summed E-state index contributed by atoms with van der Waals surface area (Å²) >= 11 is 0. The Hall–Kier alpha value is -2.18. The summed E-state index contributed by atoms with van der Waals surface area (Å²) in [5, 5.41) is 14.0. The molecule has 0 aliphatic carbocycles. The molecule has 0 saturated heterocycles. The minimum Gasteiger partial charge on any atom is -0.398 e. The van der Waals surface area contributed by atoms with Crippen LogP contribution in [-0.2, 0) is 11.3 Å². The molecule has 1 atom stereocenters. The molecule has 0 aliphatic heterocycles. The molecule has 2 rings (SSSR count). The van der Waals surface area contributed by atoms with Gasteiger partial charge in [0.2, 0.25) is 0 Å². The van der Waals surface area contributed by atoms with Gasteiger partial charge in [-0.05, 0) is 24.6 Å².